The first-order valence-electron chi connectivity index (χ1n) is 7.34. The van der Waals surface area contributed by atoms with Gasteiger partial charge in [0.2, 0.25) is 15.9 Å². The highest BCUT2D eigenvalue weighted by atomic mass is 32.2. The van der Waals surface area contributed by atoms with Crippen molar-refractivity contribution in [2.24, 2.45) is 5.92 Å². The fourth-order valence-electron chi connectivity index (χ4n) is 2.30. The van der Waals surface area contributed by atoms with Gasteiger partial charge in [-0.3, -0.25) is 4.79 Å². The Labute approximate surface area is 127 Å². The molecule has 0 bridgehead atoms. The van der Waals surface area contributed by atoms with Crippen molar-refractivity contribution in [2.45, 2.75) is 38.5 Å². The molecule has 5 nitrogen and oxygen atoms in total. The van der Waals surface area contributed by atoms with Crippen LogP contribution in [0.1, 0.15) is 33.6 Å². The summed E-state index contributed by atoms with van der Waals surface area (Å²) >= 11 is 0. The molecule has 1 atom stereocenters. The van der Waals surface area contributed by atoms with Crippen molar-refractivity contribution in [2.75, 3.05) is 18.5 Å². The second-order valence-electron chi connectivity index (χ2n) is 4.59. The van der Waals surface area contributed by atoms with Gasteiger partial charge in [0.15, 0.2) is 0 Å². The second kappa shape index (κ2) is 7.56. The van der Waals surface area contributed by atoms with Crippen LogP contribution in [0.2, 0.25) is 0 Å². The average molecular weight is 312 g/mol. The smallest absolute Gasteiger partial charge is 0.240 e. The molecule has 1 amide bonds. The average Bonchev–Trinajstić information content (AvgIpc) is 2.90. The van der Waals surface area contributed by atoms with Crippen LogP contribution in [0.15, 0.2) is 29.2 Å². The van der Waals surface area contributed by atoms with Gasteiger partial charge in [0, 0.05) is 18.2 Å². The van der Waals surface area contributed by atoms with Crippen molar-refractivity contribution >= 4 is 21.6 Å². The SMILES string of the molecule is CC.CCC1CCN(c2ccc(S(=O)(=O)NC)cc2)C1=O. The number of carbonyl (C=O) groups is 1. The molecule has 0 spiro atoms. The van der Waals surface area contributed by atoms with E-state index in [9.17, 15) is 13.2 Å². The van der Waals surface area contributed by atoms with Crippen LogP contribution in [0.25, 0.3) is 0 Å². The lowest BCUT2D eigenvalue weighted by Crippen LogP contribution is -2.26. The van der Waals surface area contributed by atoms with Crippen LogP contribution in [-0.4, -0.2) is 27.9 Å². The summed E-state index contributed by atoms with van der Waals surface area (Å²) in [5.74, 6) is 0.229. The fraction of sp³-hybridized carbons (Fsp3) is 0.533. The molecule has 1 aliphatic rings. The standard InChI is InChI=1S/C13H18N2O3S.C2H6/c1-3-10-8-9-15(13(10)16)11-4-6-12(7-5-11)19(17,18)14-2;1-2/h4-7,10,14H,3,8-9H2,1-2H3;1-2H3. The van der Waals surface area contributed by atoms with Crippen LogP contribution in [0.4, 0.5) is 5.69 Å². The number of rotatable bonds is 4. The van der Waals surface area contributed by atoms with Gasteiger partial charge in [-0.05, 0) is 44.2 Å². The Bertz CT molecular complexity index is 567. The number of amides is 1. The van der Waals surface area contributed by atoms with Gasteiger partial charge in [-0.15, -0.1) is 0 Å². The minimum absolute atomic E-state index is 0.0979. The number of hydrogen-bond acceptors (Lipinski definition) is 3. The second-order valence-corrected chi connectivity index (χ2v) is 6.47. The Balaban J connectivity index is 0.00000106. The summed E-state index contributed by atoms with van der Waals surface area (Å²) in [5.41, 5.74) is 0.760. The Morgan fingerprint density at radius 2 is 1.81 bits per heavy atom. The van der Waals surface area contributed by atoms with Gasteiger partial charge in [-0.2, -0.15) is 0 Å². The number of sulfonamides is 1. The molecule has 1 N–H and O–H groups in total. The van der Waals surface area contributed by atoms with Gasteiger partial charge in [0.05, 0.1) is 4.90 Å². The number of nitrogens with one attached hydrogen (secondary N) is 1. The molecule has 118 valence electrons. The largest absolute Gasteiger partial charge is 0.312 e. The lowest BCUT2D eigenvalue weighted by molar-refractivity contribution is -0.120. The number of benzene rings is 1. The highest BCUT2D eigenvalue weighted by Gasteiger charge is 2.31. The third kappa shape index (κ3) is 3.83. The number of anilines is 1. The van der Waals surface area contributed by atoms with E-state index in [4.69, 9.17) is 0 Å². The Hall–Kier alpha value is -1.40. The van der Waals surface area contributed by atoms with E-state index in [1.807, 2.05) is 20.8 Å². The summed E-state index contributed by atoms with van der Waals surface area (Å²) in [6.45, 7) is 6.71. The lowest BCUT2D eigenvalue weighted by Gasteiger charge is -2.17. The van der Waals surface area contributed by atoms with Crippen LogP contribution in [0, 0.1) is 5.92 Å². The summed E-state index contributed by atoms with van der Waals surface area (Å²) in [6.07, 6.45) is 1.72. The molecule has 0 aromatic heterocycles. The monoisotopic (exact) mass is 312 g/mol. The quantitative estimate of drug-likeness (QED) is 0.928. The van der Waals surface area contributed by atoms with Crippen LogP contribution in [0.3, 0.4) is 0 Å². The van der Waals surface area contributed by atoms with Gasteiger partial charge < -0.3 is 4.90 Å². The molecule has 1 aromatic rings. The predicted molar refractivity (Wildman–Crippen MR) is 84.8 cm³/mol. The first-order chi connectivity index (χ1) is 9.99. The number of hydrogen-bond donors (Lipinski definition) is 1. The molecule has 1 heterocycles. The zero-order chi connectivity index (χ0) is 16.0. The molecule has 0 radical (unpaired) electrons. The third-order valence-corrected chi connectivity index (χ3v) is 4.97. The van der Waals surface area contributed by atoms with Crippen LogP contribution in [0.5, 0.6) is 0 Å². The normalized spacial score (nSPS) is 18.4. The third-order valence-electron chi connectivity index (χ3n) is 3.54. The van der Waals surface area contributed by atoms with Crippen LogP contribution < -0.4 is 9.62 Å². The van der Waals surface area contributed by atoms with Crippen LogP contribution in [-0.2, 0) is 14.8 Å². The van der Waals surface area contributed by atoms with Gasteiger partial charge in [0.1, 0.15) is 0 Å². The molecule has 1 fully saturated rings. The molecule has 6 heteroatoms. The van der Waals surface area contributed by atoms with E-state index >= 15 is 0 Å². The van der Waals surface area contributed by atoms with E-state index in [1.54, 1.807) is 17.0 Å². The maximum Gasteiger partial charge on any atom is 0.240 e. The molecular formula is C15H24N2O3S. The number of carbonyl (C=O) groups excluding carboxylic acids is 1. The summed E-state index contributed by atoms with van der Waals surface area (Å²) in [6, 6.07) is 6.40. The van der Waals surface area contributed by atoms with Crippen molar-refractivity contribution in [1.29, 1.82) is 0 Å². The predicted octanol–water partition coefficient (Wildman–Crippen LogP) is 2.38. The maximum atomic E-state index is 12.1. The highest BCUT2D eigenvalue weighted by molar-refractivity contribution is 7.89. The first kappa shape index (κ1) is 17.7. The zero-order valence-corrected chi connectivity index (χ0v) is 13.9. The Kier molecular flexibility index (Phi) is 6.36. The van der Waals surface area contributed by atoms with Crippen molar-refractivity contribution in [3.8, 4) is 0 Å². The van der Waals surface area contributed by atoms with Gasteiger partial charge in [0.25, 0.3) is 0 Å². The van der Waals surface area contributed by atoms with Crippen molar-refractivity contribution in [3.63, 3.8) is 0 Å². The van der Waals surface area contributed by atoms with Crippen molar-refractivity contribution in [1.82, 2.24) is 4.72 Å². The summed E-state index contributed by atoms with van der Waals surface area (Å²) in [5, 5.41) is 0. The van der Waals surface area contributed by atoms with Gasteiger partial charge in [-0.1, -0.05) is 20.8 Å². The fourth-order valence-corrected chi connectivity index (χ4v) is 3.03. The van der Waals surface area contributed by atoms with E-state index in [1.165, 1.54) is 19.2 Å². The van der Waals surface area contributed by atoms with E-state index < -0.39 is 10.0 Å². The van der Waals surface area contributed by atoms with E-state index in [0.29, 0.717) is 6.54 Å². The van der Waals surface area contributed by atoms with Crippen molar-refractivity contribution < 1.29 is 13.2 Å². The van der Waals surface area contributed by atoms with E-state index in [2.05, 4.69) is 4.72 Å². The summed E-state index contributed by atoms with van der Waals surface area (Å²) in [7, 11) is -2.05. The minimum atomic E-state index is -3.42. The Morgan fingerprint density at radius 3 is 2.24 bits per heavy atom. The summed E-state index contributed by atoms with van der Waals surface area (Å²) < 4.78 is 25.5. The molecule has 1 aromatic carbocycles. The van der Waals surface area contributed by atoms with E-state index in [-0.39, 0.29) is 16.7 Å². The molecule has 1 unspecified atom stereocenters. The van der Waals surface area contributed by atoms with Gasteiger partial charge in [-0.25, -0.2) is 13.1 Å². The van der Waals surface area contributed by atoms with Gasteiger partial charge >= 0.3 is 0 Å². The van der Waals surface area contributed by atoms with Crippen LogP contribution >= 0.6 is 0 Å². The zero-order valence-electron chi connectivity index (χ0n) is 13.1. The molecular weight excluding hydrogens is 288 g/mol. The molecule has 1 saturated heterocycles. The number of nitrogens with zero attached hydrogens (tertiary/aromatic N) is 1. The molecule has 0 saturated carbocycles. The maximum absolute atomic E-state index is 12.1. The molecule has 1 aliphatic heterocycles. The first-order valence-corrected chi connectivity index (χ1v) is 8.83. The minimum Gasteiger partial charge on any atom is -0.312 e. The van der Waals surface area contributed by atoms with E-state index in [0.717, 1.165) is 18.5 Å². The Morgan fingerprint density at radius 1 is 1.24 bits per heavy atom. The molecule has 21 heavy (non-hydrogen) atoms. The molecule has 2 rings (SSSR count). The lowest BCUT2D eigenvalue weighted by atomic mass is 10.1. The highest BCUT2D eigenvalue weighted by Crippen LogP contribution is 2.27. The topological polar surface area (TPSA) is 66.5 Å². The summed E-state index contributed by atoms with van der Waals surface area (Å²) in [4.78, 5) is 14.0. The van der Waals surface area contributed by atoms with Crippen molar-refractivity contribution in [3.05, 3.63) is 24.3 Å². The molecule has 0 aliphatic carbocycles.